The van der Waals surface area contributed by atoms with Crippen LogP contribution < -0.4 is 0 Å². The molecule has 134 valence electrons. The van der Waals surface area contributed by atoms with Crippen LogP contribution in [0.25, 0.3) is 0 Å². The Morgan fingerprint density at radius 3 is 2.52 bits per heavy atom. The maximum atomic E-state index is 13.1. The van der Waals surface area contributed by atoms with Gasteiger partial charge in [-0.2, -0.15) is 0 Å². The topological polar surface area (TPSA) is 93.2 Å². The third-order valence-corrected chi connectivity index (χ3v) is 4.94. The molecule has 25 heavy (non-hydrogen) atoms. The Labute approximate surface area is 146 Å². The summed E-state index contributed by atoms with van der Waals surface area (Å²) in [6, 6.07) is 3.77. The summed E-state index contributed by atoms with van der Waals surface area (Å²) in [7, 11) is 1.77. The molecule has 1 N–H and O–H groups in total. The van der Waals surface area contributed by atoms with Crippen LogP contribution in [-0.2, 0) is 22.2 Å². The lowest BCUT2D eigenvalue weighted by Gasteiger charge is -2.31. The number of hydrogen-bond acceptors (Lipinski definition) is 4. The molecule has 1 amide bonds. The van der Waals surface area contributed by atoms with Crippen molar-refractivity contribution in [3.63, 3.8) is 0 Å². The Balaban J connectivity index is 1.83. The summed E-state index contributed by atoms with van der Waals surface area (Å²) >= 11 is 0. The number of nitrogens with zero attached hydrogens (tertiary/aromatic N) is 5. The largest absolute Gasteiger partial charge is 0.481 e. The van der Waals surface area contributed by atoms with E-state index < -0.39 is 11.5 Å². The molecule has 3 rings (SSSR count). The predicted octanol–water partition coefficient (Wildman–Crippen LogP) is 1.07. The van der Waals surface area contributed by atoms with Crippen LogP contribution >= 0.6 is 0 Å². The number of rotatable bonds is 5. The highest BCUT2D eigenvalue weighted by Gasteiger charge is 2.43. The number of amides is 1. The van der Waals surface area contributed by atoms with Crippen LogP contribution in [0.15, 0.2) is 30.7 Å². The van der Waals surface area contributed by atoms with Crippen molar-refractivity contribution >= 4 is 11.9 Å². The molecule has 1 fully saturated rings. The highest BCUT2D eigenvalue weighted by Crippen LogP contribution is 2.35. The van der Waals surface area contributed by atoms with Gasteiger partial charge < -0.3 is 14.6 Å². The molecule has 1 aliphatic rings. The van der Waals surface area contributed by atoms with Gasteiger partial charge in [0.1, 0.15) is 5.54 Å². The zero-order valence-corrected chi connectivity index (χ0v) is 14.7. The second-order valence-electron chi connectivity index (χ2n) is 7.14. The number of carbonyl (C=O) groups excluding carboxylic acids is 1. The van der Waals surface area contributed by atoms with Gasteiger partial charge in [-0.05, 0) is 31.9 Å². The summed E-state index contributed by atoms with van der Waals surface area (Å²) in [6.45, 7) is 4.62. The van der Waals surface area contributed by atoms with Crippen molar-refractivity contribution < 1.29 is 14.7 Å². The molecule has 8 nitrogen and oxygen atoms in total. The molecule has 0 aromatic carbocycles. The first kappa shape index (κ1) is 17.2. The highest BCUT2D eigenvalue weighted by molar-refractivity contribution is 5.84. The van der Waals surface area contributed by atoms with Crippen molar-refractivity contribution in [3.8, 4) is 0 Å². The number of hydrogen-bond donors (Lipinski definition) is 1. The Hall–Kier alpha value is -2.64. The third-order valence-electron chi connectivity index (χ3n) is 4.94. The minimum Gasteiger partial charge on any atom is -0.481 e. The predicted molar refractivity (Wildman–Crippen MR) is 89.8 cm³/mol. The summed E-state index contributed by atoms with van der Waals surface area (Å²) < 4.78 is 3.47. The van der Waals surface area contributed by atoms with Crippen LogP contribution in [0, 0.1) is 5.92 Å². The molecule has 3 heterocycles. The van der Waals surface area contributed by atoms with Gasteiger partial charge >= 0.3 is 5.97 Å². The monoisotopic (exact) mass is 345 g/mol. The van der Waals surface area contributed by atoms with Crippen molar-refractivity contribution in [2.24, 2.45) is 13.0 Å². The van der Waals surface area contributed by atoms with Gasteiger partial charge in [-0.15, -0.1) is 5.10 Å². The highest BCUT2D eigenvalue weighted by atomic mass is 16.4. The average Bonchev–Trinajstić information content (AvgIpc) is 3.25. The van der Waals surface area contributed by atoms with E-state index in [9.17, 15) is 14.7 Å². The maximum Gasteiger partial charge on any atom is 0.303 e. The smallest absolute Gasteiger partial charge is 0.303 e. The molecule has 2 atom stereocenters. The number of carbonyl (C=O) groups is 2. The molecule has 0 radical (unpaired) electrons. The van der Waals surface area contributed by atoms with E-state index in [0.29, 0.717) is 13.1 Å². The van der Waals surface area contributed by atoms with E-state index in [2.05, 4.69) is 10.3 Å². The van der Waals surface area contributed by atoms with E-state index in [4.69, 9.17) is 0 Å². The van der Waals surface area contributed by atoms with Crippen molar-refractivity contribution in [2.75, 3.05) is 13.1 Å². The fourth-order valence-corrected chi connectivity index (χ4v) is 3.54. The van der Waals surface area contributed by atoms with Gasteiger partial charge in [-0.25, -0.2) is 0 Å². The van der Waals surface area contributed by atoms with Crippen molar-refractivity contribution in [1.82, 2.24) is 24.5 Å². The van der Waals surface area contributed by atoms with E-state index in [1.54, 1.807) is 22.8 Å². The molecule has 0 unspecified atom stereocenters. The maximum absolute atomic E-state index is 13.1. The second kappa shape index (κ2) is 6.34. The minimum atomic E-state index is -0.863. The number of aliphatic carboxylic acids is 1. The molecule has 0 saturated carbocycles. The molecular formula is C17H23N5O3. The molecule has 0 bridgehead atoms. The van der Waals surface area contributed by atoms with Gasteiger partial charge in [0.05, 0.1) is 12.1 Å². The quantitative estimate of drug-likeness (QED) is 0.875. The Kier molecular flexibility index (Phi) is 4.36. The first-order chi connectivity index (χ1) is 11.8. The van der Waals surface area contributed by atoms with E-state index in [1.165, 1.54) is 0 Å². The van der Waals surface area contributed by atoms with Crippen LogP contribution in [0.3, 0.4) is 0 Å². The lowest BCUT2D eigenvalue weighted by Crippen LogP contribution is -2.45. The van der Waals surface area contributed by atoms with E-state index in [-0.39, 0.29) is 24.2 Å². The van der Waals surface area contributed by atoms with Gasteiger partial charge in [-0.3, -0.25) is 14.3 Å². The molecule has 0 spiro atoms. The lowest BCUT2D eigenvalue weighted by molar-refractivity contribution is -0.140. The molecule has 2 aromatic rings. The van der Waals surface area contributed by atoms with Gasteiger partial charge in [0, 0.05) is 44.6 Å². The summed E-state index contributed by atoms with van der Waals surface area (Å²) in [4.78, 5) is 26.1. The summed E-state index contributed by atoms with van der Waals surface area (Å²) in [5, 5.41) is 17.3. The van der Waals surface area contributed by atoms with Gasteiger partial charge in [0.15, 0.2) is 0 Å². The van der Waals surface area contributed by atoms with Gasteiger partial charge in [0.2, 0.25) is 5.91 Å². The fourth-order valence-electron chi connectivity index (χ4n) is 3.54. The third kappa shape index (κ3) is 3.29. The average molecular weight is 345 g/mol. The van der Waals surface area contributed by atoms with E-state index in [1.807, 2.05) is 42.9 Å². The molecule has 1 saturated heterocycles. The molecular weight excluding hydrogens is 322 g/mol. The summed E-state index contributed by atoms with van der Waals surface area (Å²) in [5.41, 5.74) is 0.0111. The van der Waals surface area contributed by atoms with E-state index >= 15 is 0 Å². The number of aryl methyl sites for hydroxylation is 1. The molecule has 0 aliphatic carbocycles. The zero-order chi connectivity index (χ0) is 18.2. The van der Waals surface area contributed by atoms with Crippen molar-refractivity contribution in [1.29, 1.82) is 0 Å². The fraction of sp³-hybridized carbons (Fsp3) is 0.529. The second-order valence-corrected chi connectivity index (χ2v) is 7.14. The summed E-state index contributed by atoms with van der Waals surface area (Å²) in [5.74, 6) is -1.17. The van der Waals surface area contributed by atoms with Gasteiger partial charge in [0.25, 0.3) is 0 Å². The first-order valence-corrected chi connectivity index (χ1v) is 8.30. The Morgan fingerprint density at radius 2 is 1.96 bits per heavy atom. The number of aromatic nitrogens is 4. The number of carboxylic acid groups (broad SMARTS) is 1. The van der Waals surface area contributed by atoms with Crippen LogP contribution in [0.5, 0.6) is 0 Å². The van der Waals surface area contributed by atoms with Gasteiger partial charge in [-0.1, -0.05) is 5.21 Å². The van der Waals surface area contributed by atoms with Crippen molar-refractivity contribution in [2.45, 2.75) is 31.7 Å². The van der Waals surface area contributed by atoms with E-state index in [0.717, 1.165) is 5.69 Å². The van der Waals surface area contributed by atoms with Crippen LogP contribution in [0.2, 0.25) is 0 Å². The van der Waals surface area contributed by atoms with Crippen LogP contribution in [-0.4, -0.2) is 54.5 Å². The minimum absolute atomic E-state index is 0.00890. The van der Waals surface area contributed by atoms with Crippen LogP contribution in [0.1, 0.15) is 31.9 Å². The first-order valence-electron chi connectivity index (χ1n) is 8.30. The molecule has 8 heteroatoms. The molecule has 2 aromatic heterocycles. The standard InChI is InChI=1S/C17H23N5O3/c1-17(2,22-6-4-5-7-22)16(25)21-9-12(8-15(23)24)13(10-21)14-11-20(3)19-18-14/h4-7,11-13H,8-10H2,1-3H3,(H,23,24)/t12-,13+/m0/s1. The van der Waals surface area contributed by atoms with Crippen LogP contribution in [0.4, 0.5) is 0 Å². The number of carboxylic acids is 1. The summed E-state index contributed by atoms with van der Waals surface area (Å²) in [6.07, 6.45) is 5.53. The molecule has 1 aliphatic heterocycles. The normalized spacial score (nSPS) is 20.8. The SMILES string of the molecule is Cn1cc([C@@H]2CN(C(=O)C(C)(C)n3cccc3)C[C@@H]2CC(=O)O)nn1. The number of likely N-dealkylation sites (tertiary alicyclic amines) is 1. The van der Waals surface area contributed by atoms with Crippen molar-refractivity contribution in [3.05, 3.63) is 36.4 Å². The lowest BCUT2D eigenvalue weighted by atomic mass is 9.91. The Morgan fingerprint density at radius 1 is 1.28 bits per heavy atom. The Bertz CT molecular complexity index is 765. The zero-order valence-electron chi connectivity index (χ0n) is 14.7.